The fourth-order valence-electron chi connectivity index (χ4n) is 2.15. The van der Waals surface area contributed by atoms with Crippen LogP contribution >= 0.6 is 22.9 Å². The highest BCUT2D eigenvalue weighted by Crippen LogP contribution is 2.33. The van der Waals surface area contributed by atoms with Crippen LogP contribution < -0.4 is 5.73 Å². The third-order valence-corrected chi connectivity index (χ3v) is 4.54. The van der Waals surface area contributed by atoms with Crippen molar-refractivity contribution in [3.05, 3.63) is 63.8 Å². The number of aliphatic hydroxyl groups is 1. The topological polar surface area (TPSA) is 76.2 Å². The van der Waals surface area contributed by atoms with Crippen molar-refractivity contribution in [3.63, 3.8) is 0 Å². The highest BCUT2D eigenvalue weighted by Gasteiger charge is 2.17. The summed E-state index contributed by atoms with van der Waals surface area (Å²) >= 11 is 7.12. The lowest BCUT2D eigenvalue weighted by molar-refractivity contribution is 0.100. The van der Waals surface area contributed by atoms with E-state index in [4.69, 9.17) is 17.3 Å². The molecule has 2 aromatic heterocycles. The molecule has 106 valence electrons. The number of hydrogen-bond donors (Lipinski definition) is 2. The van der Waals surface area contributed by atoms with E-state index in [9.17, 15) is 9.90 Å². The molecule has 3 rings (SSSR count). The number of thiophene rings is 1. The van der Waals surface area contributed by atoms with E-state index < -0.39 is 12.0 Å². The van der Waals surface area contributed by atoms with Crippen LogP contribution in [0.2, 0.25) is 5.02 Å². The Morgan fingerprint density at radius 1 is 1.29 bits per heavy atom. The number of benzene rings is 1. The van der Waals surface area contributed by atoms with Crippen molar-refractivity contribution in [2.75, 3.05) is 0 Å². The van der Waals surface area contributed by atoms with Gasteiger partial charge in [0.05, 0.1) is 9.58 Å². The Morgan fingerprint density at radius 3 is 2.67 bits per heavy atom. The number of rotatable bonds is 3. The third-order valence-electron chi connectivity index (χ3n) is 3.20. The number of halogens is 1. The van der Waals surface area contributed by atoms with Crippen LogP contribution in [-0.2, 0) is 0 Å². The molecule has 0 spiro atoms. The molecule has 3 N–H and O–H groups in total. The van der Waals surface area contributed by atoms with Crippen molar-refractivity contribution in [3.8, 4) is 0 Å². The number of fused-ring (bicyclic) bond motifs is 1. The van der Waals surface area contributed by atoms with Crippen molar-refractivity contribution in [2.45, 2.75) is 6.10 Å². The summed E-state index contributed by atoms with van der Waals surface area (Å²) in [5, 5.41) is 11.9. The van der Waals surface area contributed by atoms with E-state index in [2.05, 4.69) is 4.98 Å². The number of aliphatic hydroxyl groups excluding tert-OH is 1. The minimum Gasteiger partial charge on any atom is -0.384 e. The summed E-state index contributed by atoms with van der Waals surface area (Å²) < 4.78 is 0.814. The average molecular weight is 319 g/mol. The summed E-state index contributed by atoms with van der Waals surface area (Å²) in [7, 11) is 0. The monoisotopic (exact) mass is 318 g/mol. The van der Waals surface area contributed by atoms with Crippen LogP contribution in [0.15, 0.2) is 42.7 Å². The largest absolute Gasteiger partial charge is 0.384 e. The van der Waals surface area contributed by atoms with E-state index in [1.807, 2.05) is 0 Å². The van der Waals surface area contributed by atoms with Crippen molar-refractivity contribution in [1.29, 1.82) is 0 Å². The molecule has 3 aromatic rings. The SMILES string of the molecule is NC(=O)c1cc2c(C(O)c3ccc(Cl)cc3)cncc2s1. The Kier molecular flexibility index (Phi) is 3.63. The maximum Gasteiger partial charge on any atom is 0.258 e. The first-order valence-corrected chi connectivity index (χ1v) is 7.36. The summed E-state index contributed by atoms with van der Waals surface area (Å²) in [6.07, 6.45) is 2.41. The molecule has 0 saturated carbocycles. The summed E-state index contributed by atoms with van der Waals surface area (Å²) in [5.41, 5.74) is 6.65. The van der Waals surface area contributed by atoms with Crippen LogP contribution in [0.3, 0.4) is 0 Å². The molecule has 0 radical (unpaired) electrons. The smallest absolute Gasteiger partial charge is 0.258 e. The lowest BCUT2D eigenvalue weighted by Gasteiger charge is -2.12. The minimum atomic E-state index is -0.839. The highest BCUT2D eigenvalue weighted by atomic mass is 35.5. The van der Waals surface area contributed by atoms with Crippen molar-refractivity contribution in [1.82, 2.24) is 4.98 Å². The van der Waals surface area contributed by atoms with Gasteiger partial charge in [-0.05, 0) is 23.8 Å². The Morgan fingerprint density at radius 2 is 2.00 bits per heavy atom. The van der Waals surface area contributed by atoms with Gasteiger partial charge in [-0.15, -0.1) is 11.3 Å². The average Bonchev–Trinajstić information content (AvgIpc) is 2.91. The molecule has 1 unspecified atom stereocenters. The number of amides is 1. The molecule has 21 heavy (non-hydrogen) atoms. The van der Waals surface area contributed by atoms with Crippen molar-refractivity contribution in [2.24, 2.45) is 5.73 Å². The number of aromatic nitrogens is 1. The van der Waals surface area contributed by atoms with Crippen LogP contribution in [0, 0.1) is 0 Å². The molecule has 0 aliphatic heterocycles. The molecule has 4 nitrogen and oxygen atoms in total. The quantitative estimate of drug-likeness (QED) is 0.779. The first kappa shape index (κ1) is 14.0. The summed E-state index contributed by atoms with van der Waals surface area (Å²) in [6.45, 7) is 0. The van der Waals surface area contributed by atoms with E-state index in [0.29, 0.717) is 21.0 Å². The van der Waals surface area contributed by atoms with Gasteiger partial charge in [0.1, 0.15) is 6.10 Å². The Bertz CT molecular complexity index is 814. The number of primary amides is 1. The van der Waals surface area contributed by atoms with E-state index in [1.165, 1.54) is 11.3 Å². The van der Waals surface area contributed by atoms with Gasteiger partial charge in [-0.3, -0.25) is 9.78 Å². The number of carbonyl (C=O) groups is 1. The first-order valence-electron chi connectivity index (χ1n) is 6.17. The van der Waals surface area contributed by atoms with E-state index in [1.54, 1.807) is 42.7 Å². The number of nitrogens with two attached hydrogens (primary N) is 1. The Hall–Kier alpha value is -1.95. The molecule has 0 saturated heterocycles. The van der Waals surface area contributed by atoms with Gasteiger partial charge in [0.15, 0.2) is 0 Å². The van der Waals surface area contributed by atoms with Gasteiger partial charge in [-0.25, -0.2) is 0 Å². The van der Waals surface area contributed by atoms with Gasteiger partial charge >= 0.3 is 0 Å². The van der Waals surface area contributed by atoms with E-state index in [-0.39, 0.29) is 0 Å². The van der Waals surface area contributed by atoms with Gasteiger partial charge in [0, 0.05) is 28.4 Å². The fourth-order valence-corrected chi connectivity index (χ4v) is 3.19. The maximum atomic E-state index is 11.3. The Balaban J connectivity index is 2.10. The van der Waals surface area contributed by atoms with Gasteiger partial charge < -0.3 is 10.8 Å². The zero-order valence-electron chi connectivity index (χ0n) is 10.8. The minimum absolute atomic E-state index is 0.447. The zero-order valence-corrected chi connectivity index (χ0v) is 12.4. The third kappa shape index (κ3) is 2.63. The van der Waals surface area contributed by atoms with Gasteiger partial charge in [-0.2, -0.15) is 0 Å². The highest BCUT2D eigenvalue weighted by molar-refractivity contribution is 7.20. The molecule has 0 aliphatic carbocycles. The predicted octanol–water partition coefficient (Wildman–Crippen LogP) is 3.13. The van der Waals surface area contributed by atoms with Gasteiger partial charge in [0.2, 0.25) is 0 Å². The standard InChI is InChI=1S/C15H11ClN2O2S/c16-9-3-1-8(2-4-9)14(19)11-6-18-7-13-10(11)5-12(21-13)15(17)20/h1-7,14,19H,(H2,17,20). The second-order valence-corrected chi connectivity index (χ2v) is 6.09. The van der Waals surface area contributed by atoms with Crippen LogP contribution in [0.4, 0.5) is 0 Å². The van der Waals surface area contributed by atoms with Crippen molar-refractivity contribution < 1.29 is 9.90 Å². The second-order valence-electron chi connectivity index (χ2n) is 4.57. The number of hydrogen-bond acceptors (Lipinski definition) is 4. The number of nitrogens with zero attached hydrogens (tertiary/aromatic N) is 1. The van der Waals surface area contributed by atoms with Crippen LogP contribution in [0.25, 0.3) is 10.1 Å². The lowest BCUT2D eigenvalue weighted by Crippen LogP contribution is -2.08. The maximum absolute atomic E-state index is 11.3. The summed E-state index contributed by atoms with van der Waals surface area (Å²) in [5.74, 6) is -0.483. The van der Waals surface area contributed by atoms with Gasteiger partial charge in [0.25, 0.3) is 5.91 Å². The van der Waals surface area contributed by atoms with Gasteiger partial charge in [-0.1, -0.05) is 23.7 Å². The van der Waals surface area contributed by atoms with E-state index in [0.717, 1.165) is 10.1 Å². The van der Waals surface area contributed by atoms with Crippen LogP contribution in [0.1, 0.15) is 26.9 Å². The summed E-state index contributed by atoms with van der Waals surface area (Å²) in [4.78, 5) is 15.9. The molecule has 0 aliphatic rings. The van der Waals surface area contributed by atoms with Crippen LogP contribution in [0.5, 0.6) is 0 Å². The molecule has 2 heterocycles. The number of carbonyl (C=O) groups excluding carboxylic acids is 1. The van der Waals surface area contributed by atoms with Crippen LogP contribution in [-0.4, -0.2) is 16.0 Å². The zero-order chi connectivity index (χ0) is 15.0. The molecule has 1 amide bonds. The molecular formula is C15H11ClN2O2S. The second kappa shape index (κ2) is 5.44. The molecule has 1 atom stereocenters. The number of pyridine rings is 1. The van der Waals surface area contributed by atoms with E-state index >= 15 is 0 Å². The Labute approximate surface area is 129 Å². The van der Waals surface area contributed by atoms with Crippen molar-refractivity contribution >= 4 is 38.9 Å². The molecular weight excluding hydrogens is 308 g/mol. The normalized spacial score (nSPS) is 12.5. The summed E-state index contributed by atoms with van der Waals surface area (Å²) in [6, 6.07) is 8.64. The molecule has 6 heteroatoms. The molecule has 0 fully saturated rings. The molecule has 1 aromatic carbocycles. The predicted molar refractivity (Wildman–Crippen MR) is 83.7 cm³/mol. The fraction of sp³-hybridized carbons (Fsp3) is 0.0667. The first-order chi connectivity index (χ1) is 10.1. The molecule has 0 bridgehead atoms. The lowest BCUT2D eigenvalue weighted by atomic mass is 10.0.